The Morgan fingerprint density at radius 1 is 1.18 bits per heavy atom. The molecule has 0 radical (unpaired) electrons. The minimum absolute atomic E-state index is 0.506. The van der Waals surface area contributed by atoms with Gasteiger partial charge in [0.1, 0.15) is 5.75 Å². The summed E-state index contributed by atoms with van der Waals surface area (Å²) in [7, 11) is 1.64. The first-order valence-electron chi connectivity index (χ1n) is 6.85. The number of methoxy groups -OCH3 is 1. The number of hydrogen-bond acceptors (Lipinski definition) is 5. The second-order valence-corrected chi connectivity index (χ2v) is 5.30. The maximum Gasteiger partial charge on any atom is 0.253 e. The van der Waals surface area contributed by atoms with Crippen LogP contribution in [-0.2, 0) is 6.54 Å². The van der Waals surface area contributed by atoms with E-state index in [1.165, 1.54) is 0 Å². The maximum atomic E-state index is 6.19. The van der Waals surface area contributed by atoms with Crippen molar-refractivity contribution in [3.05, 3.63) is 46.5 Å². The number of benzene rings is 1. The van der Waals surface area contributed by atoms with Gasteiger partial charge in [0.15, 0.2) is 5.82 Å². The highest BCUT2D eigenvalue weighted by Gasteiger charge is 2.11. The van der Waals surface area contributed by atoms with Crippen molar-refractivity contribution in [2.75, 3.05) is 12.4 Å². The number of fused-ring (bicyclic) bond motifs is 1. The van der Waals surface area contributed by atoms with Gasteiger partial charge in [-0.25, -0.2) is 4.98 Å². The molecule has 0 aliphatic carbocycles. The maximum absolute atomic E-state index is 6.19. The van der Waals surface area contributed by atoms with Crippen molar-refractivity contribution in [2.24, 2.45) is 0 Å². The second kappa shape index (κ2) is 5.81. The van der Waals surface area contributed by atoms with E-state index in [1.54, 1.807) is 11.6 Å². The minimum Gasteiger partial charge on any atom is -0.497 e. The van der Waals surface area contributed by atoms with Crippen molar-refractivity contribution in [2.45, 2.75) is 20.4 Å². The Morgan fingerprint density at radius 2 is 1.91 bits per heavy atom. The first-order chi connectivity index (χ1) is 10.6. The molecule has 1 aromatic carbocycles. The van der Waals surface area contributed by atoms with Crippen molar-refractivity contribution in [3.63, 3.8) is 0 Å². The van der Waals surface area contributed by atoms with E-state index in [9.17, 15) is 0 Å². The number of rotatable bonds is 4. The minimum atomic E-state index is 0.506. The highest BCUT2D eigenvalue weighted by molar-refractivity contribution is 6.31. The number of nitrogens with zero attached hydrogens (tertiary/aromatic N) is 4. The molecule has 0 fully saturated rings. The normalized spacial score (nSPS) is 10.9. The van der Waals surface area contributed by atoms with Crippen molar-refractivity contribution in [3.8, 4) is 5.75 Å². The first kappa shape index (κ1) is 14.6. The number of halogens is 1. The second-order valence-electron chi connectivity index (χ2n) is 4.92. The van der Waals surface area contributed by atoms with Crippen LogP contribution in [0, 0.1) is 13.8 Å². The van der Waals surface area contributed by atoms with Gasteiger partial charge in [0.2, 0.25) is 0 Å². The Hall–Kier alpha value is -2.34. The van der Waals surface area contributed by atoms with Crippen LogP contribution in [0.2, 0.25) is 5.02 Å². The molecule has 0 saturated carbocycles. The van der Waals surface area contributed by atoms with E-state index < -0.39 is 0 Å². The third-order valence-corrected chi connectivity index (χ3v) is 3.94. The zero-order chi connectivity index (χ0) is 15.7. The fourth-order valence-electron chi connectivity index (χ4n) is 2.16. The number of aromatic nitrogens is 4. The fourth-order valence-corrected chi connectivity index (χ4v) is 2.28. The topological polar surface area (TPSA) is 64.3 Å². The number of hydrogen-bond donors (Lipinski definition) is 1. The van der Waals surface area contributed by atoms with Gasteiger partial charge in [0.25, 0.3) is 5.78 Å². The molecule has 0 aliphatic rings. The van der Waals surface area contributed by atoms with Crippen molar-refractivity contribution < 1.29 is 4.74 Å². The van der Waals surface area contributed by atoms with E-state index in [0.29, 0.717) is 23.2 Å². The highest BCUT2D eigenvalue weighted by Crippen LogP contribution is 2.19. The average Bonchev–Trinajstić information content (AvgIpc) is 2.94. The third kappa shape index (κ3) is 2.69. The molecule has 0 unspecified atom stereocenters. The summed E-state index contributed by atoms with van der Waals surface area (Å²) in [6, 6.07) is 7.68. The summed E-state index contributed by atoms with van der Waals surface area (Å²) in [6.45, 7) is 4.27. The van der Waals surface area contributed by atoms with E-state index in [2.05, 4.69) is 20.4 Å². The van der Waals surface area contributed by atoms with Crippen LogP contribution in [0.4, 0.5) is 5.69 Å². The van der Waals surface area contributed by atoms with Gasteiger partial charge in [0.05, 0.1) is 30.1 Å². The van der Waals surface area contributed by atoms with Crippen LogP contribution in [-0.4, -0.2) is 26.7 Å². The van der Waals surface area contributed by atoms with Gasteiger partial charge in [-0.2, -0.15) is 9.50 Å². The summed E-state index contributed by atoms with van der Waals surface area (Å²) in [6.07, 6.45) is 0. The lowest BCUT2D eigenvalue weighted by molar-refractivity contribution is 0.415. The standard InChI is InChI=1S/C15H16ClN5O/c1-9-14(16)10(2)21-15(18-9)19-13(20-21)8-17-11-4-6-12(22-3)7-5-11/h4-7,17H,8H2,1-3H3. The molecule has 22 heavy (non-hydrogen) atoms. The van der Waals surface area contributed by atoms with Crippen LogP contribution in [0.3, 0.4) is 0 Å². The molecule has 114 valence electrons. The van der Waals surface area contributed by atoms with E-state index in [1.807, 2.05) is 38.1 Å². The van der Waals surface area contributed by atoms with Gasteiger partial charge in [-0.05, 0) is 38.1 Å². The smallest absolute Gasteiger partial charge is 0.253 e. The van der Waals surface area contributed by atoms with Crippen LogP contribution in [0.5, 0.6) is 5.75 Å². The van der Waals surface area contributed by atoms with Gasteiger partial charge < -0.3 is 10.1 Å². The van der Waals surface area contributed by atoms with E-state index in [4.69, 9.17) is 16.3 Å². The number of ether oxygens (including phenoxy) is 1. The average molecular weight is 318 g/mol. The van der Waals surface area contributed by atoms with Crippen LogP contribution in [0.1, 0.15) is 17.2 Å². The monoisotopic (exact) mass is 317 g/mol. The molecule has 1 N–H and O–H groups in total. The molecule has 0 spiro atoms. The van der Waals surface area contributed by atoms with Crippen molar-refractivity contribution in [1.82, 2.24) is 19.6 Å². The molecule has 2 aromatic heterocycles. The van der Waals surface area contributed by atoms with Crippen LogP contribution in [0.25, 0.3) is 5.78 Å². The molecule has 3 rings (SSSR count). The lowest BCUT2D eigenvalue weighted by Crippen LogP contribution is -2.02. The molecule has 3 aromatic rings. The summed E-state index contributed by atoms with van der Waals surface area (Å²) >= 11 is 6.19. The quantitative estimate of drug-likeness (QED) is 0.801. The Labute approximate surface area is 133 Å². The van der Waals surface area contributed by atoms with Gasteiger partial charge in [-0.3, -0.25) is 0 Å². The lowest BCUT2D eigenvalue weighted by atomic mass is 10.3. The summed E-state index contributed by atoms with van der Waals surface area (Å²) in [4.78, 5) is 8.77. The molecule has 0 saturated heterocycles. The molecule has 0 amide bonds. The molecule has 6 nitrogen and oxygen atoms in total. The third-order valence-electron chi connectivity index (χ3n) is 3.40. The zero-order valence-corrected chi connectivity index (χ0v) is 13.3. The first-order valence-corrected chi connectivity index (χ1v) is 7.22. The Kier molecular flexibility index (Phi) is 3.85. The molecule has 2 heterocycles. The lowest BCUT2D eigenvalue weighted by Gasteiger charge is -2.04. The summed E-state index contributed by atoms with van der Waals surface area (Å²) < 4.78 is 6.80. The predicted molar refractivity (Wildman–Crippen MR) is 85.6 cm³/mol. The highest BCUT2D eigenvalue weighted by atomic mass is 35.5. The molecular formula is C15H16ClN5O. The van der Waals surface area contributed by atoms with Gasteiger partial charge in [-0.1, -0.05) is 11.6 Å². The molecule has 7 heteroatoms. The van der Waals surface area contributed by atoms with Gasteiger partial charge in [-0.15, -0.1) is 5.10 Å². The molecular weight excluding hydrogens is 302 g/mol. The Morgan fingerprint density at radius 3 is 2.59 bits per heavy atom. The Balaban J connectivity index is 1.80. The predicted octanol–water partition coefficient (Wildman–Crippen LogP) is 3.02. The van der Waals surface area contributed by atoms with E-state index in [-0.39, 0.29) is 0 Å². The summed E-state index contributed by atoms with van der Waals surface area (Å²) in [5.74, 6) is 2.04. The van der Waals surface area contributed by atoms with Crippen molar-refractivity contribution >= 4 is 23.1 Å². The van der Waals surface area contributed by atoms with E-state index in [0.717, 1.165) is 22.8 Å². The summed E-state index contributed by atoms with van der Waals surface area (Å²) in [5, 5.41) is 8.32. The van der Waals surface area contributed by atoms with Crippen LogP contribution >= 0.6 is 11.6 Å². The molecule has 0 aliphatic heterocycles. The number of nitrogens with one attached hydrogen (secondary N) is 1. The zero-order valence-electron chi connectivity index (χ0n) is 12.6. The SMILES string of the molecule is COc1ccc(NCc2nc3nc(C)c(Cl)c(C)n3n2)cc1. The van der Waals surface area contributed by atoms with Gasteiger partial charge >= 0.3 is 0 Å². The fraction of sp³-hybridized carbons (Fsp3) is 0.267. The van der Waals surface area contributed by atoms with Gasteiger partial charge in [0, 0.05) is 5.69 Å². The number of aryl methyl sites for hydroxylation is 2. The number of anilines is 1. The van der Waals surface area contributed by atoms with Crippen molar-refractivity contribution in [1.29, 1.82) is 0 Å². The Bertz CT molecular complexity index is 813. The van der Waals surface area contributed by atoms with E-state index >= 15 is 0 Å². The summed E-state index contributed by atoms with van der Waals surface area (Å²) in [5.41, 5.74) is 2.57. The molecule has 0 bridgehead atoms. The largest absolute Gasteiger partial charge is 0.497 e. The van der Waals surface area contributed by atoms with Crippen LogP contribution in [0.15, 0.2) is 24.3 Å². The molecule has 0 atom stereocenters. The van der Waals surface area contributed by atoms with Crippen LogP contribution < -0.4 is 10.1 Å².